The van der Waals surface area contributed by atoms with Crippen LogP contribution in [0.4, 0.5) is 0 Å². The van der Waals surface area contributed by atoms with Crippen molar-refractivity contribution in [3.63, 3.8) is 0 Å². The van der Waals surface area contributed by atoms with Gasteiger partial charge in [0.15, 0.2) is 0 Å². The van der Waals surface area contributed by atoms with Crippen molar-refractivity contribution < 1.29 is 12.6 Å². The summed E-state index contributed by atoms with van der Waals surface area (Å²) in [6, 6.07) is 0. The van der Waals surface area contributed by atoms with Crippen LogP contribution in [0.2, 0.25) is 0 Å². The fourth-order valence-electron chi connectivity index (χ4n) is 2.00. The molecule has 0 bridgehead atoms. The molecular formula is C7H13NO3S. The minimum absolute atomic E-state index is 0.385. The van der Waals surface area contributed by atoms with Gasteiger partial charge in [-0.05, 0) is 30.8 Å². The zero-order chi connectivity index (χ0) is 8.77. The summed E-state index contributed by atoms with van der Waals surface area (Å²) in [7, 11) is -3.23. The maximum Gasteiger partial charge on any atom is 0.264 e. The van der Waals surface area contributed by atoms with Crippen molar-refractivity contribution in [2.24, 2.45) is 17.8 Å². The molecule has 0 spiro atoms. The molecule has 2 rings (SSSR count). The number of nitrogens with one attached hydrogen (secondary N) is 1. The third kappa shape index (κ3) is 1.62. The predicted octanol–water partition coefficient (Wildman–Crippen LogP) is -0.572. The van der Waals surface area contributed by atoms with Gasteiger partial charge in [0.25, 0.3) is 10.1 Å². The van der Waals surface area contributed by atoms with Gasteiger partial charge in [-0.1, -0.05) is 0 Å². The predicted molar refractivity (Wildman–Crippen MR) is 44.1 cm³/mol. The second-order valence-electron chi connectivity index (χ2n) is 3.64. The molecule has 0 radical (unpaired) electrons. The Morgan fingerprint density at radius 3 is 2.50 bits per heavy atom. The van der Waals surface area contributed by atoms with E-state index < -0.39 is 10.1 Å². The van der Waals surface area contributed by atoms with Crippen molar-refractivity contribution in [3.05, 3.63) is 0 Å². The number of rotatable bonds is 3. The molecule has 4 nitrogen and oxygen atoms in total. The summed E-state index contributed by atoms with van der Waals surface area (Å²) >= 11 is 0. The Hall–Kier alpha value is -0.130. The van der Waals surface area contributed by atoms with Crippen LogP contribution in [0.5, 0.6) is 0 Å². The number of fused-ring (bicyclic) bond motifs is 1. The first-order valence-corrected chi connectivity index (χ1v) is 5.95. The van der Waals surface area contributed by atoms with E-state index in [1.54, 1.807) is 0 Å². The molecule has 5 heteroatoms. The van der Waals surface area contributed by atoms with Gasteiger partial charge >= 0.3 is 0 Å². The summed E-state index contributed by atoms with van der Waals surface area (Å²) in [4.78, 5) is 0. The number of piperidine rings is 1. The summed E-state index contributed by atoms with van der Waals surface area (Å²) in [5.74, 6) is 1.83. The third-order valence-corrected chi connectivity index (χ3v) is 3.31. The summed E-state index contributed by atoms with van der Waals surface area (Å²) in [5, 5.41) is 3.24. The lowest BCUT2D eigenvalue weighted by molar-refractivity contribution is 0.287. The normalized spacial score (nSPS) is 39.6. The standard InChI is InChI=1S/C7H13NO3S/c1-12(9,10)11-4-7-5-2-8-3-6(5)7/h5-8H,2-4H2,1H3/t5-,6?,7?/m1/s1. The van der Waals surface area contributed by atoms with E-state index in [4.69, 9.17) is 4.18 Å². The quantitative estimate of drug-likeness (QED) is 0.607. The molecule has 12 heavy (non-hydrogen) atoms. The van der Waals surface area contributed by atoms with Gasteiger partial charge in [-0.15, -0.1) is 0 Å². The van der Waals surface area contributed by atoms with E-state index in [-0.39, 0.29) is 0 Å². The highest BCUT2D eigenvalue weighted by Gasteiger charge is 2.52. The van der Waals surface area contributed by atoms with Gasteiger partial charge in [0.2, 0.25) is 0 Å². The Morgan fingerprint density at radius 1 is 1.42 bits per heavy atom. The molecule has 3 atom stereocenters. The Kier molecular flexibility index (Phi) is 1.89. The van der Waals surface area contributed by atoms with Crippen molar-refractivity contribution in [1.82, 2.24) is 5.32 Å². The second kappa shape index (κ2) is 2.68. The van der Waals surface area contributed by atoms with E-state index in [9.17, 15) is 8.42 Å². The Bertz CT molecular complexity index is 264. The van der Waals surface area contributed by atoms with Gasteiger partial charge in [-0.25, -0.2) is 0 Å². The fourth-order valence-corrected chi connectivity index (χ4v) is 2.40. The largest absolute Gasteiger partial charge is 0.316 e. The van der Waals surface area contributed by atoms with Crippen LogP contribution >= 0.6 is 0 Å². The maximum atomic E-state index is 10.6. The first-order valence-electron chi connectivity index (χ1n) is 4.13. The minimum atomic E-state index is -3.23. The summed E-state index contributed by atoms with van der Waals surface area (Å²) in [6.45, 7) is 2.45. The Balaban J connectivity index is 1.77. The monoisotopic (exact) mass is 191 g/mol. The highest BCUT2D eigenvalue weighted by Crippen LogP contribution is 2.48. The third-order valence-electron chi connectivity index (χ3n) is 2.74. The number of hydrogen-bond acceptors (Lipinski definition) is 4. The van der Waals surface area contributed by atoms with Crippen LogP contribution in [0.1, 0.15) is 0 Å². The minimum Gasteiger partial charge on any atom is -0.316 e. The Labute approximate surface area is 72.4 Å². The van der Waals surface area contributed by atoms with E-state index in [1.165, 1.54) is 0 Å². The van der Waals surface area contributed by atoms with Crippen LogP contribution in [-0.2, 0) is 14.3 Å². The topological polar surface area (TPSA) is 55.4 Å². The van der Waals surface area contributed by atoms with E-state index >= 15 is 0 Å². The van der Waals surface area contributed by atoms with Gasteiger partial charge < -0.3 is 5.32 Å². The van der Waals surface area contributed by atoms with Crippen molar-refractivity contribution in [3.8, 4) is 0 Å². The Morgan fingerprint density at radius 2 is 2.00 bits per heavy atom. The van der Waals surface area contributed by atoms with E-state index in [1.807, 2.05) is 0 Å². The first kappa shape index (κ1) is 8.47. The van der Waals surface area contributed by atoms with Gasteiger partial charge in [-0.2, -0.15) is 8.42 Å². The van der Waals surface area contributed by atoms with Gasteiger partial charge in [0.05, 0.1) is 12.9 Å². The van der Waals surface area contributed by atoms with Crippen LogP contribution in [0.15, 0.2) is 0 Å². The van der Waals surface area contributed by atoms with Crippen molar-refractivity contribution in [1.29, 1.82) is 0 Å². The molecular weight excluding hydrogens is 178 g/mol. The van der Waals surface area contributed by atoms with Gasteiger partial charge in [0.1, 0.15) is 0 Å². The lowest BCUT2D eigenvalue weighted by atomic mass is 10.3. The van der Waals surface area contributed by atoms with Gasteiger partial charge in [0, 0.05) is 0 Å². The van der Waals surface area contributed by atoms with Crippen molar-refractivity contribution >= 4 is 10.1 Å². The fraction of sp³-hybridized carbons (Fsp3) is 1.00. The molecule has 1 saturated heterocycles. The van der Waals surface area contributed by atoms with Crippen LogP contribution < -0.4 is 5.32 Å². The molecule has 2 unspecified atom stereocenters. The van der Waals surface area contributed by atoms with E-state index in [0.717, 1.165) is 19.3 Å². The molecule has 1 heterocycles. The first-order chi connectivity index (χ1) is 5.58. The van der Waals surface area contributed by atoms with Crippen LogP contribution in [0, 0.1) is 17.8 Å². The smallest absolute Gasteiger partial charge is 0.264 e. The highest BCUT2D eigenvalue weighted by atomic mass is 32.2. The molecule has 1 N–H and O–H groups in total. The lowest BCUT2D eigenvalue weighted by Gasteiger charge is -2.03. The van der Waals surface area contributed by atoms with Crippen LogP contribution in [0.3, 0.4) is 0 Å². The SMILES string of the molecule is CS(=O)(=O)OCC1C2CNC[C@H]21. The second-order valence-corrected chi connectivity index (χ2v) is 5.28. The summed E-state index contributed by atoms with van der Waals surface area (Å²) in [6.07, 6.45) is 1.10. The molecule has 2 fully saturated rings. The van der Waals surface area contributed by atoms with Crippen molar-refractivity contribution in [2.45, 2.75) is 0 Å². The van der Waals surface area contributed by atoms with Gasteiger partial charge in [-0.3, -0.25) is 4.18 Å². The summed E-state index contributed by atoms with van der Waals surface area (Å²) < 4.78 is 26.0. The zero-order valence-corrected chi connectivity index (χ0v) is 7.80. The van der Waals surface area contributed by atoms with Crippen LogP contribution in [0.25, 0.3) is 0 Å². The number of hydrogen-bond donors (Lipinski definition) is 1. The van der Waals surface area contributed by atoms with Crippen LogP contribution in [-0.4, -0.2) is 34.4 Å². The maximum absolute atomic E-state index is 10.6. The average molecular weight is 191 g/mol. The molecule has 1 aliphatic heterocycles. The van der Waals surface area contributed by atoms with Crippen molar-refractivity contribution in [2.75, 3.05) is 26.0 Å². The molecule has 2 aliphatic rings. The molecule has 0 amide bonds. The zero-order valence-electron chi connectivity index (χ0n) is 6.99. The average Bonchev–Trinajstić information content (AvgIpc) is 2.41. The van der Waals surface area contributed by atoms with E-state index in [0.29, 0.717) is 24.4 Å². The highest BCUT2D eigenvalue weighted by molar-refractivity contribution is 7.85. The summed E-state index contributed by atoms with van der Waals surface area (Å²) in [5.41, 5.74) is 0. The molecule has 0 aromatic rings. The van der Waals surface area contributed by atoms with E-state index in [2.05, 4.69) is 5.32 Å². The molecule has 70 valence electrons. The molecule has 0 aromatic heterocycles. The molecule has 1 saturated carbocycles. The lowest BCUT2D eigenvalue weighted by Crippen LogP contribution is -2.17. The molecule has 1 aliphatic carbocycles. The molecule has 0 aromatic carbocycles.